The molecular weight excluding hydrogens is 282 g/mol. The van der Waals surface area contributed by atoms with E-state index in [2.05, 4.69) is 4.98 Å². The van der Waals surface area contributed by atoms with Gasteiger partial charge in [-0.1, -0.05) is 12.1 Å². The summed E-state index contributed by atoms with van der Waals surface area (Å²) in [6.07, 6.45) is 2.72. The molecule has 3 N–H and O–H groups in total. The number of aliphatic hydroxyl groups excluding tert-OH is 1. The van der Waals surface area contributed by atoms with Gasteiger partial charge in [-0.15, -0.1) is 0 Å². The Kier molecular flexibility index (Phi) is 4.30. The van der Waals surface area contributed by atoms with E-state index in [1.54, 1.807) is 25.1 Å². The first-order valence-electron chi connectivity index (χ1n) is 6.96. The first-order chi connectivity index (χ1) is 10.3. The van der Waals surface area contributed by atoms with E-state index in [1.807, 2.05) is 0 Å². The number of ketones is 1. The number of hydrogen-bond acceptors (Lipinski definition) is 4. The minimum Gasteiger partial charge on any atom is -0.392 e. The number of rotatable bonds is 4. The summed E-state index contributed by atoms with van der Waals surface area (Å²) in [6, 6.07) is 5.13. The van der Waals surface area contributed by atoms with Crippen molar-refractivity contribution in [3.05, 3.63) is 51.3 Å². The van der Waals surface area contributed by atoms with Gasteiger partial charge in [-0.2, -0.15) is 0 Å². The molecule has 0 aliphatic heterocycles. The van der Waals surface area contributed by atoms with E-state index < -0.39 is 11.4 Å². The second-order valence-electron chi connectivity index (χ2n) is 5.75. The predicted molar refractivity (Wildman–Crippen MR) is 85.6 cm³/mol. The molecule has 5 heteroatoms. The van der Waals surface area contributed by atoms with E-state index >= 15 is 0 Å². The first kappa shape index (κ1) is 16.1. The monoisotopic (exact) mass is 301 g/mol. The molecule has 5 nitrogen and oxygen atoms in total. The Morgan fingerprint density at radius 3 is 2.64 bits per heavy atom. The summed E-state index contributed by atoms with van der Waals surface area (Å²) in [4.78, 5) is 27.2. The lowest BCUT2D eigenvalue weighted by Crippen LogP contribution is -2.29. The molecule has 0 saturated heterocycles. The van der Waals surface area contributed by atoms with Crippen molar-refractivity contribution < 1.29 is 15.0 Å². The zero-order chi connectivity index (χ0) is 16.5. The van der Waals surface area contributed by atoms with Gasteiger partial charge < -0.3 is 15.2 Å². The zero-order valence-corrected chi connectivity index (χ0v) is 12.8. The van der Waals surface area contributed by atoms with Crippen molar-refractivity contribution in [2.75, 3.05) is 0 Å². The van der Waals surface area contributed by atoms with Gasteiger partial charge >= 0.3 is 0 Å². The second-order valence-corrected chi connectivity index (χ2v) is 5.75. The van der Waals surface area contributed by atoms with Gasteiger partial charge in [0, 0.05) is 22.2 Å². The highest BCUT2D eigenvalue weighted by Gasteiger charge is 2.20. The third-order valence-corrected chi connectivity index (χ3v) is 3.57. The average Bonchev–Trinajstić information content (AvgIpc) is 2.47. The zero-order valence-electron chi connectivity index (χ0n) is 12.8. The van der Waals surface area contributed by atoms with Crippen LogP contribution in [-0.4, -0.2) is 26.6 Å². The highest BCUT2D eigenvalue weighted by molar-refractivity contribution is 5.99. The maximum atomic E-state index is 12.4. The van der Waals surface area contributed by atoms with Crippen molar-refractivity contribution in [3.63, 3.8) is 0 Å². The molecule has 0 amide bonds. The van der Waals surface area contributed by atoms with Crippen LogP contribution in [0, 0.1) is 6.92 Å². The van der Waals surface area contributed by atoms with Crippen LogP contribution in [0.2, 0.25) is 0 Å². The molecule has 22 heavy (non-hydrogen) atoms. The summed E-state index contributed by atoms with van der Waals surface area (Å²) >= 11 is 0. The maximum absolute atomic E-state index is 12.4. The molecule has 1 heterocycles. The lowest BCUT2D eigenvalue weighted by molar-refractivity contribution is -0.128. The lowest BCUT2D eigenvalue weighted by Gasteiger charge is -2.12. The Hall–Kier alpha value is -2.24. The Morgan fingerprint density at radius 2 is 2.05 bits per heavy atom. The molecule has 0 unspecified atom stereocenters. The minimum atomic E-state index is -1.46. The normalized spacial score (nSPS) is 12.2. The van der Waals surface area contributed by atoms with E-state index in [0.29, 0.717) is 27.7 Å². The molecule has 0 aliphatic rings. The van der Waals surface area contributed by atoms with Crippen molar-refractivity contribution in [2.45, 2.75) is 33.0 Å². The summed E-state index contributed by atoms with van der Waals surface area (Å²) in [6.45, 7) is 4.28. The standard InChI is InChI=1S/C17H19NO4/c1-10-13(7-8-14(20)17(2,3)22)18-15-11(9-19)5-4-6-12(15)16(10)21/h4-8,19,22H,9H2,1-3H3,(H,18,21). The third-order valence-electron chi connectivity index (χ3n) is 3.57. The number of fused-ring (bicyclic) bond motifs is 1. The summed E-state index contributed by atoms with van der Waals surface area (Å²) < 4.78 is 0. The fourth-order valence-electron chi connectivity index (χ4n) is 2.15. The molecule has 0 fully saturated rings. The molecule has 0 spiro atoms. The van der Waals surface area contributed by atoms with Gasteiger partial charge in [-0.3, -0.25) is 9.59 Å². The fourth-order valence-corrected chi connectivity index (χ4v) is 2.15. The van der Waals surface area contributed by atoms with Crippen molar-refractivity contribution in [1.29, 1.82) is 0 Å². The van der Waals surface area contributed by atoms with Crippen LogP contribution in [0.3, 0.4) is 0 Å². The molecule has 0 saturated carbocycles. The highest BCUT2D eigenvalue weighted by Crippen LogP contribution is 2.17. The van der Waals surface area contributed by atoms with E-state index in [1.165, 1.54) is 26.0 Å². The van der Waals surface area contributed by atoms with Crippen LogP contribution in [0.4, 0.5) is 0 Å². The van der Waals surface area contributed by atoms with Crippen molar-refractivity contribution in [1.82, 2.24) is 4.98 Å². The molecule has 0 bridgehead atoms. The molecule has 0 aliphatic carbocycles. The van der Waals surface area contributed by atoms with E-state index in [0.717, 1.165) is 0 Å². The number of aliphatic hydroxyl groups is 2. The molecule has 0 atom stereocenters. The molecule has 0 radical (unpaired) electrons. The molecular formula is C17H19NO4. The highest BCUT2D eigenvalue weighted by atomic mass is 16.3. The molecule has 116 valence electrons. The summed E-state index contributed by atoms with van der Waals surface area (Å²) in [5.41, 5.74) is 0.504. The van der Waals surface area contributed by atoms with E-state index in [9.17, 15) is 19.8 Å². The summed E-state index contributed by atoms with van der Waals surface area (Å²) in [5, 5.41) is 19.5. The number of aromatic nitrogens is 1. The first-order valence-corrected chi connectivity index (χ1v) is 6.96. The summed E-state index contributed by atoms with van der Waals surface area (Å²) in [5.74, 6) is -0.455. The number of nitrogens with one attached hydrogen (secondary N) is 1. The Bertz CT molecular complexity index is 810. The number of pyridine rings is 1. The van der Waals surface area contributed by atoms with E-state index in [4.69, 9.17) is 0 Å². The van der Waals surface area contributed by atoms with Gasteiger partial charge in [-0.25, -0.2) is 0 Å². The molecule has 1 aromatic heterocycles. The Morgan fingerprint density at radius 1 is 1.36 bits per heavy atom. The molecule has 2 aromatic rings. The van der Waals surface area contributed by atoms with Crippen LogP contribution in [0.1, 0.15) is 30.7 Å². The average molecular weight is 301 g/mol. The number of benzene rings is 1. The van der Waals surface area contributed by atoms with Crippen molar-refractivity contribution >= 4 is 22.8 Å². The predicted octanol–water partition coefficient (Wildman–Crippen LogP) is 1.68. The van der Waals surface area contributed by atoms with Gasteiger partial charge in [0.2, 0.25) is 0 Å². The number of H-pyrrole nitrogens is 1. The van der Waals surface area contributed by atoms with Gasteiger partial charge in [0.25, 0.3) is 0 Å². The quantitative estimate of drug-likeness (QED) is 0.749. The third kappa shape index (κ3) is 3.00. The topological polar surface area (TPSA) is 90.4 Å². The Labute approximate surface area is 127 Å². The minimum absolute atomic E-state index is 0.153. The number of aromatic amines is 1. The number of carbonyl (C=O) groups is 1. The van der Waals surface area contributed by atoms with Crippen molar-refractivity contribution in [2.24, 2.45) is 0 Å². The number of hydrogen-bond donors (Lipinski definition) is 3. The van der Waals surface area contributed by atoms with Crippen molar-refractivity contribution in [3.8, 4) is 0 Å². The van der Waals surface area contributed by atoms with Gasteiger partial charge in [0.05, 0.1) is 12.1 Å². The second kappa shape index (κ2) is 5.87. The number of para-hydroxylation sites is 1. The van der Waals surface area contributed by atoms with Crippen LogP contribution in [0.15, 0.2) is 29.1 Å². The van der Waals surface area contributed by atoms with Crippen LogP contribution >= 0.6 is 0 Å². The number of carbonyl (C=O) groups excluding carboxylic acids is 1. The van der Waals surface area contributed by atoms with Crippen LogP contribution in [-0.2, 0) is 11.4 Å². The fraction of sp³-hybridized carbons (Fsp3) is 0.294. The van der Waals surface area contributed by atoms with Crippen LogP contribution < -0.4 is 5.43 Å². The largest absolute Gasteiger partial charge is 0.392 e. The van der Waals surface area contributed by atoms with Gasteiger partial charge in [0.1, 0.15) is 5.60 Å². The van der Waals surface area contributed by atoms with Crippen LogP contribution in [0.25, 0.3) is 17.0 Å². The smallest absolute Gasteiger partial charge is 0.192 e. The molecule has 2 rings (SSSR count). The SMILES string of the molecule is Cc1c(C=CC(=O)C(C)(C)O)[nH]c2c(CO)cccc2c1=O. The maximum Gasteiger partial charge on any atom is 0.192 e. The summed E-state index contributed by atoms with van der Waals surface area (Å²) in [7, 11) is 0. The van der Waals surface area contributed by atoms with E-state index in [-0.39, 0.29) is 12.0 Å². The lowest BCUT2D eigenvalue weighted by atomic mass is 10.0. The van der Waals surface area contributed by atoms with Gasteiger partial charge in [-0.05, 0) is 39.0 Å². The van der Waals surface area contributed by atoms with Gasteiger partial charge in [0.15, 0.2) is 11.2 Å². The van der Waals surface area contributed by atoms with Crippen LogP contribution in [0.5, 0.6) is 0 Å². The Balaban J connectivity index is 2.61. The molecule has 1 aromatic carbocycles.